The molecule has 0 aliphatic heterocycles. The number of benzene rings is 3. The second kappa shape index (κ2) is 8.45. The molecule has 0 radical (unpaired) electrons. The number of aryl methyl sites for hydroxylation is 1. The summed E-state index contributed by atoms with van der Waals surface area (Å²) < 4.78 is 41.3. The van der Waals surface area contributed by atoms with Crippen LogP contribution < -0.4 is 5.56 Å². The normalized spacial score (nSPS) is 11.8. The highest BCUT2D eigenvalue weighted by atomic mass is 32.2. The smallest absolute Gasteiger partial charge is 0.252 e. The molecule has 3 aromatic carbocycles. The van der Waals surface area contributed by atoms with Crippen LogP contribution in [0.15, 0.2) is 88.6 Å². The van der Waals surface area contributed by atoms with E-state index in [0.717, 1.165) is 28.6 Å². The van der Waals surface area contributed by atoms with Crippen LogP contribution >= 0.6 is 0 Å². The first-order valence-electron chi connectivity index (χ1n) is 9.75. The molecule has 0 saturated carbocycles. The Labute approximate surface area is 179 Å². The summed E-state index contributed by atoms with van der Waals surface area (Å²) in [7, 11) is -3.98. The molecule has 0 amide bonds. The van der Waals surface area contributed by atoms with Gasteiger partial charge in [-0.25, -0.2) is 12.8 Å². The second-order valence-electron chi connectivity index (χ2n) is 7.43. The average molecular weight is 437 g/mol. The molecule has 7 heteroatoms. The lowest BCUT2D eigenvalue weighted by molar-refractivity contribution is 0.399. The van der Waals surface area contributed by atoms with Gasteiger partial charge in [0.15, 0.2) is 0 Å². The summed E-state index contributed by atoms with van der Waals surface area (Å²) >= 11 is 0. The molecule has 1 N–H and O–H groups in total. The quantitative estimate of drug-likeness (QED) is 0.488. The Kier molecular flexibility index (Phi) is 5.71. The van der Waals surface area contributed by atoms with Crippen molar-refractivity contribution < 1.29 is 12.8 Å². The number of pyridine rings is 1. The van der Waals surface area contributed by atoms with E-state index in [1.807, 2.05) is 55.5 Å². The molecule has 0 saturated heterocycles. The summed E-state index contributed by atoms with van der Waals surface area (Å²) in [5, 5.41) is 0.819. The number of aromatic nitrogens is 1. The van der Waals surface area contributed by atoms with Crippen molar-refractivity contribution in [3.05, 3.63) is 112 Å². The van der Waals surface area contributed by atoms with Gasteiger partial charge in [0.25, 0.3) is 5.56 Å². The summed E-state index contributed by atoms with van der Waals surface area (Å²) in [4.78, 5) is 15.5. The van der Waals surface area contributed by atoms with E-state index in [-0.39, 0.29) is 23.5 Å². The highest BCUT2D eigenvalue weighted by Gasteiger charge is 2.26. The van der Waals surface area contributed by atoms with Gasteiger partial charge in [-0.15, -0.1) is 0 Å². The predicted octanol–water partition coefficient (Wildman–Crippen LogP) is 4.37. The lowest BCUT2D eigenvalue weighted by Gasteiger charge is -2.22. The summed E-state index contributed by atoms with van der Waals surface area (Å²) in [6, 6.07) is 21.2. The van der Waals surface area contributed by atoms with Crippen LogP contribution in [0.2, 0.25) is 0 Å². The van der Waals surface area contributed by atoms with Crippen molar-refractivity contribution in [3.63, 3.8) is 0 Å². The molecule has 0 spiro atoms. The first kappa shape index (κ1) is 21.0. The molecule has 1 aromatic heterocycles. The topological polar surface area (TPSA) is 70.2 Å². The van der Waals surface area contributed by atoms with Gasteiger partial charge in [-0.05, 0) is 59.8 Å². The fraction of sp³-hybridized carbons (Fsp3) is 0.125. The van der Waals surface area contributed by atoms with E-state index < -0.39 is 15.8 Å². The van der Waals surface area contributed by atoms with E-state index in [1.54, 1.807) is 6.07 Å². The SMILES string of the molecule is Cc1ccc2cc(CN(Cc3ccccc3)S(=O)(=O)c3ccc(F)cc3)c(=O)[nH]c2c1. The number of rotatable bonds is 6. The van der Waals surface area contributed by atoms with Crippen molar-refractivity contribution in [1.29, 1.82) is 0 Å². The first-order chi connectivity index (χ1) is 14.8. The van der Waals surface area contributed by atoms with Crippen molar-refractivity contribution in [2.24, 2.45) is 0 Å². The van der Waals surface area contributed by atoms with Gasteiger partial charge in [0, 0.05) is 24.2 Å². The minimum Gasteiger partial charge on any atom is -0.322 e. The van der Waals surface area contributed by atoms with E-state index in [0.29, 0.717) is 11.1 Å². The van der Waals surface area contributed by atoms with Gasteiger partial charge in [0.1, 0.15) is 5.82 Å². The summed E-state index contributed by atoms with van der Waals surface area (Å²) in [6.07, 6.45) is 0. The van der Waals surface area contributed by atoms with Crippen LogP contribution in [0.5, 0.6) is 0 Å². The molecular formula is C24H21FN2O3S. The Balaban J connectivity index is 1.77. The minimum atomic E-state index is -3.98. The molecule has 31 heavy (non-hydrogen) atoms. The van der Waals surface area contributed by atoms with Crippen molar-refractivity contribution >= 4 is 20.9 Å². The fourth-order valence-electron chi connectivity index (χ4n) is 3.44. The molecule has 0 bridgehead atoms. The van der Waals surface area contributed by atoms with Crippen molar-refractivity contribution in [1.82, 2.24) is 9.29 Å². The number of aromatic amines is 1. The maximum Gasteiger partial charge on any atom is 0.252 e. The Bertz CT molecular complexity index is 1380. The summed E-state index contributed by atoms with van der Waals surface area (Å²) in [6.45, 7) is 1.89. The van der Waals surface area contributed by atoms with E-state index in [4.69, 9.17) is 0 Å². The number of nitrogens with one attached hydrogen (secondary N) is 1. The molecule has 0 fully saturated rings. The van der Waals surface area contributed by atoms with E-state index in [2.05, 4.69) is 4.98 Å². The zero-order chi connectivity index (χ0) is 22.0. The molecule has 5 nitrogen and oxygen atoms in total. The lowest BCUT2D eigenvalue weighted by atomic mass is 10.1. The maximum absolute atomic E-state index is 13.4. The fourth-order valence-corrected chi connectivity index (χ4v) is 4.84. The van der Waals surface area contributed by atoms with E-state index in [1.165, 1.54) is 16.4 Å². The number of nitrogens with zero attached hydrogens (tertiary/aromatic N) is 1. The third-order valence-electron chi connectivity index (χ3n) is 5.08. The van der Waals surface area contributed by atoms with Gasteiger partial charge < -0.3 is 4.98 Å². The number of hydrogen-bond acceptors (Lipinski definition) is 3. The summed E-state index contributed by atoms with van der Waals surface area (Å²) in [5.41, 5.74) is 2.48. The van der Waals surface area contributed by atoms with Crippen LogP contribution in [0.1, 0.15) is 16.7 Å². The number of sulfonamides is 1. The molecule has 0 aliphatic rings. The zero-order valence-electron chi connectivity index (χ0n) is 16.9. The van der Waals surface area contributed by atoms with Crippen molar-refractivity contribution in [3.8, 4) is 0 Å². The van der Waals surface area contributed by atoms with Gasteiger partial charge in [-0.3, -0.25) is 4.79 Å². The highest BCUT2D eigenvalue weighted by molar-refractivity contribution is 7.89. The molecular weight excluding hydrogens is 415 g/mol. The molecule has 158 valence electrons. The molecule has 0 atom stereocenters. The molecule has 1 heterocycles. The predicted molar refractivity (Wildman–Crippen MR) is 119 cm³/mol. The monoisotopic (exact) mass is 436 g/mol. The molecule has 0 aliphatic carbocycles. The van der Waals surface area contributed by atoms with Crippen molar-refractivity contribution in [2.75, 3.05) is 0 Å². The van der Waals surface area contributed by atoms with Crippen LogP contribution in [-0.2, 0) is 23.1 Å². The van der Waals surface area contributed by atoms with Gasteiger partial charge in [-0.1, -0.05) is 42.5 Å². The van der Waals surface area contributed by atoms with Gasteiger partial charge in [-0.2, -0.15) is 4.31 Å². The van der Waals surface area contributed by atoms with E-state index in [9.17, 15) is 17.6 Å². The molecule has 4 rings (SSSR count). The Morgan fingerprint density at radius 2 is 1.61 bits per heavy atom. The Morgan fingerprint density at radius 3 is 2.32 bits per heavy atom. The molecule has 0 unspecified atom stereocenters. The van der Waals surface area contributed by atoms with Crippen LogP contribution in [0.25, 0.3) is 10.9 Å². The highest BCUT2D eigenvalue weighted by Crippen LogP contribution is 2.22. The zero-order valence-corrected chi connectivity index (χ0v) is 17.7. The van der Waals surface area contributed by atoms with Crippen molar-refractivity contribution in [2.45, 2.75) is 24.9 Å². The van der Waals surface area contributed by atoms with Gasteiger partial charge in [0.05, 0.1) is 4.90 Å². The maximum atomic E-state index is 13.4. The number of H-pyrrole nitrogens is 1. The second-order valence-corrected chi connectivity index (χ2v) is 9.36. The number of fused-ring (bicyclic) bond motifs is 1. The number of hydrogen-bond donors (Lipinski definition) is 1. The summed E-state index contributed by atoms with van der Waals surface area (Å²) in [5.74, 6) is -0.519. The Morgan fingerprint density at radius 1 is 0.903 bits per heavy atom. The van der Waals surface area contributed by atoms with Crippen LogP contribution in [0.3, 0.4) is 0 Å². The number of halogens is 1. The van der Waals surface area contributed by atoms with Crippen LogP contribution in [0, 0.1) is 12.7 Å². The third-order valence-corrected chi connectivity index (χ3v) is 6.88. The molecule has 4 aromatic rings. The van der Waals surface area contributed by atoms with Gasteiger partial charge >= 0.3 is 0 Å². The third kappa shape index (κ3) is 4.57. The van der Waals surface area contributed by atoms with E-state index >= 15 is 0 Å². The Hall–Kier alpha value is -3.29. The van der Waals surface area contributed by atoms with Crippen LogP contribution in [0.4, 0.5) is 4.39 Å². The minimum absolute atomic E-state index is 0.0299. The lowest BCUT2D eigenvalue weighted by Crippen LogP contribution is -2.32. The van der Waals surface area contributed by atoms with Crippen LogP contribution in [-0.4, -0.2) is 17.7 Å². The van der Waals surface area contributed by atoms with Gasteiger partial charge in [0.2, 0.25) is 10.0 Å². The standard InChI is InChI=1S/C24H21FN2O3S/c1-17-7-8-19-14-20(24(28)26-23(19)13-17)16-27(15-18-5-3-2-4-6-18)31(29,30)22-11-9-21(25)10-12-22/h2-14H,15-16H2,1H3,(H,26,28). The average Bonchev–Trinajstić information content (AvgIpc) is 2.75. The largest absolute Gasteiger partial charge is 0.322 e. The first-order valence-corrected chi connectivity index (χ1v) is 11.2.